The summed E-state index contributed by atoms with van der Waals surface area (Å²) in [5.41, 5.74) is 18.7. The molecule has 0 bridgehead atoms. The van der Waals surface area contributed by atoms with Crippen molar-refractivity contribution in [2.24, 2.45) is 0 Å². The van der Waals surface area contributed by atoms with Gasteiger partial charge in [-0.25, -0.2) is 0 Å². The van der Waals surface area contributed by atoms with Gasteiger partial charge in [0.25, 0.3) is 0 Å². The maximum atomic E-state index is 11.1. The minimum absolute atomic E-state index is 0.0806. The lowest BCUT2D eigenvalue weighted by molar-refractivity contribution is 0.155. The smallest absolute Gasteiger partial charge is 0.188 e. The predicted molar refractivity (Wildman–Crippen MR) is 185 cm³/mol. The van der Waals surface area contributed by atoms with Crippen LogP contribution in [0.5, 0.6) is 17.2 Å². The number of benzene rings is 3. The average Bonchev–Trinajstić information content (AvgIpc) is 3.60. The lowest BCUT2D eigenvalue weighted by Gasteiger charge is -2.23. The maximum Gasteiger partial charge on any atom is 0.188 e. The first-order valence-corrected chi connectivity index (χ1v) is 16.0. The lowest BCUT2D eigenvalue weighted by Crippen LogP contribution is -2.20. The van der Waals surface area contributed by atoms with Crippen molar-refractivity contribution in [2.45, 2.75) is 51.2 Å². The summed E-state index contributed by atoms with van der Waals surface area (Å²) in [4.78, 5) is 0. The summed E-state index contributed by atoms with van der Waals surface area (Å²) in [6.45, 7) is 2.06. The molecule has 6 N–H and O–H groups in total. The summed E-state index contributed by atoms with van der Waals surface area (Å²) < 4.78 is 8.04. The number of para-hydroxylation sites is 1. The zero-order valence-electron chi connectivity index (χ0n) is 26.5. The standard InChI is InChI=1S/C37H36N8O3/c1-22(45-21-26(20-40-45)30-18-31(41-43-36(30)38)28-12-5-6-13-33(28)46)23-8-7-9-24(16-23)25-14-15-29(34(47)17-25)32-19-35(37(39)44-42-32)48-27-10-3-2-4-11-27/h5-9,12-22,27,46-47H,2-4,10-11H2,1H3,(H2,38,43)(H2,39,44). The highest BCUT2D eigenvalue weighted by Gasteiger charge is 2.19. The number of hydrogen-bond acceptors (Lipinski definition) is 10. The number of rotatable bonds is 8. The molecule has 0 saturated heterocycles. The van der Waals surface area contributed by atoms with Crippen molar-refractivity contribution in [3.05, 3.63) is 96.8 Å². The largest absolute Gasteiger partial charge is 0.507 e. The summed E-state index contributed by atoms with van der Waals surface area (Å²) in [5, 5.41) is 42.7. The molecule has 11 nitrogen and oxygen atoms in total. The summed E-state index contributed by atoms with van der Waals surface area (Å²) in [6.07, 6.45) is 9.27. The zero-order chi connectivity index (χ0) is 33.2. The van der Waals surface area contributed by atoms with Crippen LogP contribution in [0.4, 0.5) is 11.6 Å². The molecule has 3 heterocycles. The third-order valence-electron chi connectivity index (χ3n) is 8.92. The maximum absolute atomic E-state index is 11.1. The lowest BCUT2D eigenvalue weighted by atomic mass is 9.97. The molecular weight excluding hydrogens is 604 g/mol. The molecule has 0 spiro atoms. The van der Waals surface area contributed by atoms with Crippen LogP contribution in [0.2, 0.25) is 0 Å². The fraction of sp³-hybridized carbons (Fsp3) is 0.216. The van der Waals surface area contributed by atoms with E-state index in [1.54, 1.807) is 42.6 Å². The quantitative estimate of drug-likeness (QED) is 0.135. The van der Waals surface area contributed by atoms with Gasteiger partial charge in [0.15, 0.2) is 17.4 Å². The van der Waals surface area contributed by atoms with E-state index < -0.39 is 0 Å². The normalized spacial score (nSPS) is 14.1. The molecule has 6 aromatic rings. The SMILES string of the molecule is CC(c1cccc(-c2ccc(-c3cc(OC4CCCCC4)c(N)nn3)c(O)c2)c1)n1cc(-c2cc(-c3ccccc3O)nnc2N)cn1. The molecule has 1 unspecified atom stereocenters. The monoisotopic (exact) mass is 640 g/mol. The topological polar surface area (TPSA) is 171 Å². The minimum Gasteiger partial charge on any atom is -0.507 e. The van der Waals surface area contributed by atoms with Crippen LogP contribution in [-0.4, -0.2) is 46.5 Å². The summed E-state index contributed by atoms with van der Waals surface area (Å²) in [7, 11) is 0. The molecule has 1 saturated carbocycles. The van der Waals surface area contributed by atoms with Gasteiger partial charge in [0, 0.05) is 34.5 Å². The van der Waals surface area contributed by atoms with Crippen molar-refractivity contribution >= 4 is 11.6 Å². The Hall–Kier alpha value is -5.97. The fourth-order valence-corrected chi connectivity index (χ4v) is 6.17. The molecule has 3 aromatic carbocycles. The van der Waals surface area contributed by atoms with Crippen LogP contribution in [0.1, 0.15) is 50.6 Å². The van der Waals surface area contributed by atoms with Gasteiger partial charge in [-0.3, -0.25) is 4.68 Å². The van der Waals surface area contributed by atoms with Gasteiger partial charge < -0.3 is 26.4 Å². The molecule has 7 rings (SSSR count). The zero-order valence-corrected chi connectivity index (χ0v) is 26.5. The fourth-order valence-electron chi connectivity index (χ4n) is 6.17. The number of nitrogen functional groups attached to an aromatic ring is 2. The molecule has 0 aliphatic heterocycles. The Bertz CT molecular complexity index is 2090. The van der Waals surface area contributed by atoms with Gasteiger partial charge in [0.1, 0.15) is 17.2 Å². The highest BCUT2D eigenvalue weighted by Crippen LogP contribution is 2.37. The second-order valence-electron chi connectivity index (χ2n) is 12.1. The number of aromatic hydroxyl groups is 2. The van der Waals surface area contributed by atoms with Crippen LogP contribution >= 0.6 is 0 Å². The van der Waals surface area contributed by atoms with E-state index in [0.717, 1.165) is 47.9 Å². The van der Waals surface area contributed by atoms with Crippen molar-refractivity contribution in [3.8, 4) is 62.0 Å². The summed E-state index contributed by atoms with van der Waals surface area (Å²) in [6, 6.07) is 24.0. The second kappa shape index (κ2) is 13.0. The van der Waals surface area contributed by atoms with Crippen LogP contribution in [0.15, 0.2) is 91.3 Å². The van der Waals surface area contributed by atoms with Crippen molar-refractivity contribution in [2.75, 3.05) is 11.5 Å². The first-order valence-electron chi connectivity index (χ1n) is 16.0. The van der Waals surface area contributed by atoms with E-state index in [9.17, 15) is 10.2 Å². The minimum atomic E-state index is -0.118. The van der Waals surface area contributed by atoms with Crippen molar-refractivity contribution in [1.29, 1.82) is 0 Å². The Labute approximate surface area is 277 Å². The number of nitrogens with zero attached hydrogens (tertiary/aromatic N) is 6. The Morgan fingerprint density at radius 3 is 2.23 bits per heavy atom. The number of nitrogens with two attached hydrogens (primary N) is 2. The number of aromatic nitrogens is 6. The molecule has 11 heteroatoms. The molecule has 1 fully saturated rings. The van der Waals surface area contributed by atoms with E-state index in [0.29, 0.717) is 33.8 Å². The summed E-state index contributed by atoms with van der Waals surface area (Å²) >= 11 is 0. The average molecular weight is 641 g/mol. The van der Waals surface area contributed by atoms with Gasteiger partial charge in [-0.1, -0.05) is 42.8 Å². The van der Waals surface area contributed by atoms with Crippen LogP contribution in [0.3, 0.4) is 0 Å². The first-order chi connectivity index (χ1) is 23.3. The number of phenolic OH excluding ortho intramolecular Hbond substituents is 2. The highest BCUT2D eigenvalue weighted by molar-refractivity contribution is 5.79. The number of phenols is 2. The van der Waals surface area contributed by atoms with Crippen molar-refractivity contribution < 1.29 is 14.9 Å². The Morgan fingerprint density at radius 2 is 1.44 bits per heavy atom. The van der Waals surface area contributed by atoms with Crippen molar-refractivity contribution in [3.63, 3.8) is 0 Å². The van der Waals surface area contributed by atoms with E-state index in [1.165, 1.54) is 6.42 Å². The molecule has 242 valence electrons. The summed E-state index contributed by atoms with van der Waals surface area (Å²) in [5.74, 6) is 1.20. The van der Waals surface area contributed by atoms with E-state index in [4.69, 9.17) is 16.2 Å². The van der Waals surface area contributed by atoms with Crippen LogP contribution in [0, 0.1) is 0 Å². The first kappa shape index (κ1) is 30.7. The molecule has 48 heavy (non-hydrogen) atoms. The Morgan fingerprint density at radius 1 is 0.708 bits per heavy atom. The molecule has 1 aliphatic carbocycles. The third kappa shape index (κ3) is 6.22. The van der Waals surface area contributed by atoms with Gasteiger partial charge >= 0.3 is 0 Å². The van der Waals surface area contributed by atoms with E-state index in [1.807, 2.05) is 47.3 Å². The molecule has 1 atom stereocenters. The van der Waals surface area contributed by atoms with Crippen LogP contribution in [-0.2, 0) is 0 Å². The molecule has 1 aliphatic rings. The molecular formula is C37H36N8O3. The second-order valence-corrected chi connectivity index (χ2v) is 12.1. The van der Waals surface area contributed by atoms with Gasteiger partial charge in [-0.2, -0.15) is 5.10 Å². The van der Waals surface area contributed by atoms with E-state index in [2.05, 4.69) is 38.5 Å². The van der Waals surface area contributed by atoms with E-state index in [-0.39, 0.29) is 35.3 Å². The Balaban J connectivity index is 1.11. The van der Waals surface area contributed by atoms with Crippen LogP contribution < -0.4 is 16.2 Å². The highest BCUT2D eigenvalue weighted by atomic mass is 16.5. The van der Waals surface area contributed by atoms with Crippen LogP contribution in [0.25, 0.3) is 44.8 Å². The molecule has 0 amide bonds. The molecule has 3 aromatic heterocycles. The van der Waals surface area contributed by atoms with Gasteiger partial charge in [-0.05, 0) is 85.7 Å². The van der Waals surface area contributed by atoms with Gasteiger partial charge in [-0.15, -0.1) is 20.4 Å². The molecule has 0 radical (unpaired) electrons. The van der Waals surface area contributed by atoms with Gasteiger partial charge in [0.2, 0.25) is 0 Å². The number of hydrogen-bond donors (Lipinski definition) is 4. The third-order valence-corrected chi connectivity index (χ3v) is 8.92. The Kier molecular flexibility index (Phi) is 8.33. The number of anilines is 2. The van der Waals surface area contributed by atoms with Gasteiger partial charge in [0.05, 0.1) is 24.0 Å². The van der Waals surface area contributed by atoms with E-state index >= 15 is 0 Å². The number of ether oxygens (including phenoxy) is 1. The predicted octanol–water partition coefficient (Wildman–Crippen LogP) is 7.03. The van der Waals surface area contributed by atoms with Crippen molar-refractivity contribution in [1.82, 2.24) is 30.2 Å².